The fourth-order valence-electron chi connectivity index (χ4n) is 4.72. The van der Waals surface area contributed by atoms with Crippen LogP contribution in [-0.2, 0) is 19.1 Å². The number of ether oxygens (including phenoxy) is 2. The van der Waals surface area contributed by atoms with E-state index in [9.17, 15) is 19.5 Å². The lowest BCUT2D eigenvalue weighted by molar-refractivity contribution is -0.148. The first kappa shape index (κ1) is 23.8. The first-order chi connectivity index (χ1) is 16.4. The molecule has 180 valence electrons. The molecule has 4 rings (SSSR count). The van der Waals surface area contributed by atoms with Crippen molar-refractivity contribution in [2.75, 3.05) is 13.2 Å². The van der Waals surface area contributed by atoms with Crippen molar-refractivity contribution >= 4 is 18.0 Å². The number of hydrogen-bond donors (Lipinski definition) is 3. The lowest BCUT2D eigenvalue weighted by Gasteiger charge is -2.26. The van der Waals surface area contributed by atoms with Gasteiger partial charge in [-0.05, 0) is 34.6 Å². The normalized spacial score (nSPS) is 20.6. The minimum atomic E-state index is -1.12. The second kappa shape index (κ2) is 10.3. The zero-order valence-electron chi connectivity index (χ0n) is 19.3. The summed E-state index contributed by atoms with van der Waals surface area (Å²) in [6, 6.07) is 14.6. The summed E-state index contributed by atoms with van der Waals surface area (Å²) in [5.41, 5.74) is 4.48. The molecule has 1 aliphatic carbocycles. The fraction of sp³-hybridized carbons (Fsp3) is 0.423. The summed E-state index contributed by atoms with van der Waals surface area (Å²) >= 11 is 0. The quantitative estimate of drug-likeness (QED) is 0.550. The summed E-state index contributed by atoms with van der Waals surface area (Å²) < 4.78 is 10.8. The van der Waals surface area contributed by atoms with E-state index in [-0.39, 0.29) is 25.0 Å². The molecule has 0 aromatic heterocycles. The van der Waals surface area contributed by atoms with Gasteiger partial charge in [0.1, 0.15) is 12.6 Å². The van der Waals surface area contributed by atoms with Gasteiger partial charge in [-0.2, -0.15) is 0 Å². The minimum Gasteiger partial charge on any atom is -0.479 e. The van der Waals surface area contributed by atoms with Gasteiger partial charge in [-0.15, -0.1) is 0 Å². The van der Waals surface area contributed by atoms with Gasteiger partial charge >= 0.3 is 12.1 Å². The molecular formula is C26H30N2O6. The van der Waals surface area contributed by atoms with Crippen LogP contribution in [-0.4, -0.2) is 54.5 Å². The van der Waals surface area contributed by atoms with Crippen LogP contribution < -0.4 is 10.6 Å². The van der Waals surface area contributed by atoms with E-state index >= 15 is 0 Å². The van der Waals surface area contributed by atoms with Crippen molar-refractivity contribution < 1.29 is 29.0 Å². The molecule has 8 nitrogen and oxygen atoms in total. The number of nitrogens with one attached hydrogen (secondary N) is 2. The van der Waals surface area contributed by atoms with Crippen molar-refractivity contribution in [2.24, 2.45) is 5.92 Å². The van der Waals surface area contributed by atoms with Gasteiger partial charge in [-0.25, -0.2) is 9.59 Å². The second-order valence-corrected chi connectivity index (χ2v) is 8.87. The third kappa shape index (κ3) is 4.77. The van der Waals surface area contributed by atoms with Gasteiger partial charge in [0.2, 0.25) is 5.91 Å². The van der Waals surface area contributed by atoms with Crippen LogP contribution >= 0.6 is 0 Å². The van der Waals surface area contributed by atoms with Crippen molar-refractivity contribution in [3.05, 3.63) is 59.7 Å². The molecule has 2 unspecified atom stereocenters. The van der Waals surface area contributed by atoms with Gasteiger partial charge in [0.05, 0.1) is 6.04 Å². The third-order valence-corrected chi connectivity index (χ3v) is 6.78. The molecule has 1 aliphatic heterocycles. The Morgan fingerprint density at radius 1 is 1.09 bits per heavy atom. The lowest BCUT2D eigenvalue weighted by atomic mass is 9.97. The molecule has 1 fully saturated rings. The SMILES string of the molecule is CCC(C)C(NC(=O)OCC1c2ccccc2-c2ccccc21)C(=O)N[C@H]1CCO[C@H]1C(=O)O. The molecule has 8 heteroatoms. The summed E-state index contributed by atoms with van der Waals surface area (Å²) in [7, 11) is 0. The highest BCUT2D eigenvalue weighted by atomic mass is 16.5. The highest BCUT2D eigenvalue weighted by molar-refractivity contribution is 5.87. The average molecular weight is 467 g/mol. The van der Waals surface area contributed by atoms with E-state index in [0.717, 1.165) is 22.3 Å². The summed E-state index contributed by atoms with van der Waals surface area (Å²) in [5, 5.41) is 14.7. The van der Waals surface area contributed by atoms with Crippen LogP contribution in [0.2, 0.25) is 0 Å². The Hall–Kier alpha value is -3.39. The molecule has 3 N–H and O–H groups in total. The molecule has 0 saturated carbocycles. The van der Waals surface area contributed by atoms with E-state index in [0.29, 0.717) is 12.8 Å². The van der Waals surface area contributed by atoms with Gasteiger partial charge in [0.15, 0.2) is 6.10 Å². The third-order valence-electron chi connectivity index (χ3n) is 6.78. The summed E-state index contributed by atoms with van der Waals surface area (Å²) in [6.07, 6.45) is -0.720. The number of benzene rings is 2. The zero-order chi connectivity index (χ0) is 24.2. The highest BCUT2D eigenvalue weighted by Gasteiger charge is 2.38. The number of fused-ring (bicyclic) bond motifs is 3. The number of carboxylic acids is 1. The predicted octanol–water partition coefficient (Wildman–Crippen LogP) is 3.30. The molecule has 0 spiro atoms. The maximum Gasteiger partial charge on any atom is 0.407 e. The predicted molar refractivity (Wildman–Crippen MR) is 125 cm³/mol. The number of aliphatic carboxylic acids is 1. The van der Waals surface area contributed by atoms with Crippen LogP contribution in [0.4, 0.5) is 4.79 Å². The van der Waals surface area contributed by atoms with Crippen LogP contribution in [0.15, 0.2) is 48.5 Å². The van der Waals surface area contributed by atoms with E-state index in [4.69, 9.17) is 9.47 Å². The molecule has 2 aromatic carbocycles. The summed E-state index contributed by atoms with van der Waals surface area (Å²) in [5.74, 6) is -1.82. The standard InChI is InChI=1S/C26H30N2O6/c1-3-15(2)22(24(29)27-21-12-13-33-23(21)25(30)31)28-26(32)34-14-20-18-10-6-4-8-16(18)17-9-5-7-11-19(17)20/h4-11,15,20-23H,3,12-14H2,1-2H3,(H,27,29)(H,28,32)(H,30,31)/t15?,21-,22?,23+/m0/s1. The Labute approximate surface area is 198 Å². The van der Waals surface area contributed by atoms with Gasteiger partial charge in [0.25, 0.3) is 0 Å². The number of hydrogen-bond acceptors (Lipinski definition) is 5. The Kier molecular flexibility index (Phi) is 7.17. The van der Waals surface area contributed by atoms with Crippen LogP contribution in [0, 0.1) is 5.92 Å². The zero-order valence-corrected chi connectivity index (χ0v) is 19.3. The highest BCUT2D eigenvalue weighted by Crippen LogP contribution is 2.44. The second-order valence-electron chi connectivity index (χ2n) is 8.87. The van der Waals surface area contributed by atoms with Gasteiger partial charge < -0.3 is 25.2 Å². The first-order valence-electron chi connectivity index (χ1n) is 11.7. The van der Waals surface area contributed by atoms with Crippen molar-refractivity contribution in [3.8, 4) is 11.1 Å². The molecule has 0 radical (unpaired) electrons. The molecule has 34 heavy (non-hydrogen) atoms. The van der Waals surface area contributed by atoms with Gasteiger partial charge in [0, 0.05) is 12.5 Å². The number of amides is 2. The number of alkyl carbamates (subject to hydrolysis) is 1. The Morgan fingerprint density at radius 2 is 1.71 bits per heavy atom. The number of carboxylic acid groups (broad SMARTS) is 1. The van der Waals surface area contributed by atoms with Crippen molar-refractivity contribution in [3.63, 3.8) is 0 Å². The maximum absolute atomic E-state index is 13.0. The molecule has 2 aromatic rings. The Bertz CT molecular complexity index is 1030. The topological polar surface area (TPSA) is 114 Å². The maximum atomic E-state index is 13.0. The monoisotopic (exact) mass is 466 g/mol. The first-order valence-corrected chi connectivity index (χ1v) is 11.7. The summed E-state index contributed by atoms with van der Waals surface area (Å²) in [4.78, 5) is 37.0. The van der Waals surface area contributed by atoms with Crippen molar-refractivity contribution in [1.29, 1.82) is 0 Å². The number of rotatable bonds is 8. The van der Waals surface area contributed by atoms with Crippen LogP contribution in [0.1, 0.15) is 43.7 Å². The van der Waals surface area contributed by atoms with E-state index in [2.05, 4.69) is 22.8 Å². The Morgan fingerprint density at radius 3 is 2.29 bits per heavy atom. The molecule has 2 aliphatic rings. The van der Waals surface area contributed by atoms with E-state index in [1.54, 1.807) is 0 Å². The summed E-state index contributed by atoms with van der Waals surface area (Å²) in [6.45, 7) is 4.18. The Balaban J connectivity index is 1.41. The van der Waals surface area contributed by atoms with Gasteiger partial charge in [-0.1, -0.05) is 68.8 Å². The van der Waals surface area contributed by atoms with Crippen LogP contribution in [0.25, 0.3) is 11.1 Å². The molecule has 4 atom stereocenters. The minimum absolute atomic E-state index is 0.0824. The van der Waals surface area contributed by atoms with E-state index in [1.165, 1.54) is 0 Å². The van der Waals surface area contributed by atoms with Crippen molar-refractivity contribution in [1.82, 2.24) is 10.6 Å². The largest absolute Gasteiger partial charge is 0.479 e. The molecule has 0 bridgehead atoms. The molecular weight excluding hydrogens is 436 g/mol. The van der Waals surface area contributed by atoms with E-state index in [1.807, 2.05) is 50.2 Å². The van der Waals surface area contributed by atoms with Crippen molar-refractivity contribution in [2.45, 2.75) is 50.8 Å². The molecule has 1 heterocycles. The lowest BCUT2D eigenvalue weighted by Crippen LogP contribution is -2.54. The average Bonchev–Trinajstić information content (AvgIpc) is 3.43. The van der Waals surface area contributed by atoms with Gasteiger partial charge in [-0.3, -0.25) is 4.79 Å². The molecule has 2 amide bonds. The van der Waals surface area contributed by atoms with E-state index < -0.39 is 36.2 Å². The van der Waals surface area contributed by atoms with Crippen LogP contribution in [0.5, 0.6) is 0 Å². The molecule has 1 saturated heterocycles. The smallest absolute Gasteiger partial charge is 0.407 e. The van der Waals surface area contributed by atoms with Crippen LogP contribution in [0.3, 0.4) is 0 Å². The number of carbonyl (C=O) groups is 3. The number of carbonyl (C=O) groups excluding carboxylic acids is 2. The fourth-order valence-corrected chi connectivity index (χ4v) is 4.72.